The first-order valence-corrected chi connectivity index (χ1v) is 7.09. The van der Waals surface area contributed by atoms with Gasteiger partial charge >= 0.3 is 0 Å². The average molecular weight is 358 g/mol. The highest BCUT2D eigenvalue weighted by Gasteiger charge is 2.36. The second-order valence-corrected chi connectivity index (χ2v) is 5.73. The fraction of sp³-hybridized carbons (Fsp3) is 0.400. The predicted octanol–water partition coefficient (Wildman–Crippen LogP) is 2.11. The van der Waals surface area contributed by atoms with Crippen LogP contribution in [0.15, 0.2) is 36.9 Å². The molecule has 0 spiro atoms. The van der Waals surface area contributed by atoms with Crippen molar-refractivity contribution in [1.82, 2.24) is 20.1 Å². The van der Waals surface area contributed by atoms with Gasteiger partial charge in [0, 0.05) is 12.2 Å². The molecule has 0 saturated carbocycles. The van der Waals surface area contributed by atoms with Crippen LogP contribution in [0.25, 0.3) is 0 Å². The van der Waals surface area contributed by atoms with Crippen molar-refractivity contribution in [2.45, 2.75) is 19.9 Å². The maximum Gasteiger partial charge on any atom is 0.231 e. The van der Waals surface area contributed by atoms with Gasteiger partial charge in [0.15, 0.2) is 0 Å². The van der Waals surface area contributed by atoms with E-state index in [1.807, 2.05) is 31.2 Å². The van der Waals surface area contributed by atoms with Gasteiger partial charge in [-0.2, -0.15) is 5.10 Å². The van der Waals surface area contributed by atoms with E-state index in [0.717, 1.165) is 30.8 Å². The van der Waals surface area contributed by atoms with E-state index in [-0.39, 0.29) is 36.1 Å². The van der Waals surface area contributed by atoms with Crippen LogP contribution in [0.4, 0.5) is 5.69 Å². The molecule has 3 rings (SSSR count). The van der Waals surface area contributed by atoms with Gasteiger partial charge in [0.2, 0.25) is 5.91 Å². The number of aromatic nitrogens is 3. The number of rotatable bonds is 4. The molecule has 8 heteroatoms. The Labute approximate surface area is 147 Å². The van der Waals surface area contributed by atoms with Crippen LogP contribution in [0.1, 0.15) is 18.9 Å². The highest BCUT2D eigenvalue weighted by atomic mass is 35.5. The van der Waals surface area contributed by atoms with Gasteiger partial charge in [-0.15, -0.1) is 24.8 Å². The summed E-state index contributed by atoms with van der Waals surface area (Å²) in [7, 11) is 0. The summed E-state index contributed by atoms with van der Waals surface area (Å²) in [5, 5.41) is 10.3. The fourth-order valence-corrected chi connectivity index (χ4v) is 2.49. The second kappa shape index (κ2) is 8.29. The molecule has 0 radical (unpaired) electrons. The molecule has 1 atom stereocenters. The molecule has 1 fully saturated rings. The number of anilines is 1. The van der Waals surface area contributed by atoms with Crippen molar-refractivity contribution in [3.05, 3.63) is 42.5 Å². The lowest BCUT2D eigenvalue weighted by atomic mass is 9.89. The number of hydrogen-bond acceptors (Lipinski definition) is 4. The van der Waals surface area contributed by atoms with Crippen molar-refractivity contribution in [3.8, 4) is 0 Å². The summed E-state index contributed by atoms with van der Waals surface area (Å²) in [6.07, 6.45) is 4.08. The van der Waals surface area contributed by atoms with Gasteiger partial charge in [0.05, 0.1) is 12.0 Å². The van der Waals surface area contributed by atoms with Crippen molar-refractivity contribution < 1.29 is 4.79 Å². The summed E-state index contributed by atoms with van der Waals surface area (Å²) in [6.45, 7) is 4.32. The molecular weight excluding hydrogens is 337 g/mol. The Bertz CT molecular complexity index is 609. The topological polar surface area (TPSA) is 71.8 Å². The Morgan fingerprint density at radius 1 is 1.35 bits per heavy atom. The Morgan fingerprint density at radius 3 is 2.65 bits per heavy atom. The number of benzene rings is 1. The molecule has 1 aliphatic rings. The largest absolute Gasteiger partial charge is 0.326 e. The van der Waals surface area contributed by atoms with E-state index in [2.05, 4.69) is 20.7 Å². The maximum atomic E-state index is 12.3. The van der Waals surface area contributed by atoms with E-state index < -0.39 is 0 Å². The Morgan fingerprint density at radius 2 is 2.09 bits per heavy atom. The van der Waals surface area contributed by atoms with Crippen LogP contribution in [0.5, 0.6) is 0 Å². The van der Waals surface area contributed by atoms with Crippen LogP contribution in [-0.2, 0) is 11.3 Å². The maximum absolute atomic E-state index is 12.3. The molecule has 1 amide bonds. The van der Waals surface area contributed by atoms with Crippen LogP contribution in [0.2, 0.25) is 0 Å². The van der Waals surface area contributed by atoms with Gasteiger partial charge in [-0.05, 0) is 37.6 Å². The summed E-state index contributed by atoms with van der Waals surface area (Å²) < 4.78 is 1.76. The number of amides is 1. The zero-order valence-electron chi connectivity index (χ0n) is 12.9. The Balaban J connectivity index is 0.00000132. The molecule has 1 aromatic heterocycles. The first kappa shape index (κ1) is 19.4. The number of halogens is 2. The number of carbonyl (C=O) groups excluding carboxylic acids is 1. The molecule has 2 heterocycles. The summed E-state index contributed by atoms with van der Waals surface area (Å²) in [5.74, 6) is 0.0801. The third-order valence-electron chi connectivity index (χ3n) is 3.94. The van der Waals surface area contributed by atoms with E-state index in [1.54, 1.807) is 11.0 Å². The van der Waals surface area contributed by atoms with E-state index in [9.17, 15) is 4.79 Å². The van der Waals surface area contributed by atoms with Gasteiger partial charge in [-0.3, -0.25) is 4.79 Å². The summed E-state index contributed by atoms with van der Waals surface area (Å²) in [6, 6.07) is 7.84. The van der Waals surface area contributed by atoms with Crippen LogP contribution < -0.4 is 10.6 Å². The lowest BCUT2D eigenvalue weighted by Crippen LogP contribution is -2.35. The van der Waals surface area contributed by atoms with Crippen molar-refractivity contribution >= 4 is 36.4 Å². The molecule has 2 N–H and O–H groups in total. The minimum absolute atomic E-state index is 0. The van der Waals surface area contributed by atoms with Gasteiger partial charge in [-0.25, -0.2) is 9.67 Å². The third kappa shape index (κ3) is 4.67. The van der Waals surface area contributed by atoms with Crippen LogP contribution in [0.3, 0.4) is 0 Å². The molecule has 23 heavy (non-hydrogen) atoms. The number of nitrogens with one attached hydrogen (secondary N) is 2. The van der Waals surface area contributed by atoms with Crippen molar-refractivity contribution in [2.75, 3.05) is 18.4 Å². The summed E-state index contributed by atoms with van der Waals surface area (Å²) >= 11 is 0. The van der Waals surface area contributed by atoms with E-state index >= 15 is 0 Å². The summed E-state index contributed by atoms with van der Waals surface area (Å²) in [5.41, 5.74) is 1.64. The van der Waals surface area contributed by atoms with Gasteiger partial charge in [-0.1, -0.05) is 12.1 Å². The standard InChI is InChI=1S/C15H19N5O.2ClH/c1-15(6-7-16-9-15)14(21)19-13-4-2-12(3-5-13)8-20-11-17-10-18-20;;/h2-5,10-11,16H,6-9H2,1H3,(H,19,21);2*1H. The molecule has 1 aromatic carbocycles. The Kier molecular flexibility index (Phi) is 7.00. The van der Waals surface area contributed by atoms with Gasteiger partial charge < -0.3 is 10.6 Å². The minimum Gasteiger partial charge on any atom is -0.326 e. The molecule has 126 valence electrons. The third-order valence-corrected chi connectivity index (χ3v) is 3.94. The smallest absolute Gasteiger partial charge is 0.231 e. The number of hydrogen-bond donors (Lipinski definition) is 2. The van der Waals surface area contributed by atoms with Crippen molar-refractivity contribution in [1.29, 1.82) is 0 Å². The zero-order chi connectivity index (χ0) is 14.7. The quantitative estimate of drug-likeness (QED) is 0.878. The van der Waals surface area contributed by atoms with E-state index in [0.29, 0.717) is 6.54 Å². The molecule has 1 saturated heterocycles. The first-order chi connectivity index (χ1) is 10.2. The first-order valence-electron chi connectivity index (χ1n) is 7.09. The highest BCUT2D eigenvalue weighted by molar-refractivity contribution is 5.95. The Hall–Kier alpha value is -1.63. The van der Waals surface area contributed by atoms with Crippen LogP contribution in [0, 0.1) is 5.41 Å². The van der Waals surface area contributed by atoms with Crippen LogP contribution in [-0.4, -0.2) is 33.8 Å². The molecule has 0 aliphatic carbocycles. The second-order valence-electron chi connectivity index (χ2n) is 5.73. The molecule has 1 aliphatic heterocycles. The normalized spacial score (nSPS) is 19.5. The summed E-state index contributed by atoms with van der Waals surface area (Å²) in [4.78, 5) is 16.2. The molecule has 1 unspecified atom stereocenters. The monoisotopic (exact) mass is 357 g/mol. The zero-order valence-corrected chi connectivity index (χ0v) is 14.5. The number of carbonyl (C=O) groups is 1. The van der Waals surface area contributed by atoms with Crippen LogP contribution >= 0.6 is 24.8 Å². The molecule has 2 aromatic rings. The number of nitrogens with zero attached hydrogens (tertiary/aromatic N) is 3. The highest BCUT2D eigenvalue weighted by Crippen LogP contribution is 2.26. The average Bonchev–Trinajstić information content (AvgIpc) is 3.13. The molecule has 0 bridgehead atoms. The fourth-order valence-electron chi connectivity index (χ4n) is 2.49. The van der Waals surface area contributed by atoms with E-state index in [1.165, 1.54) is 6.33 Å². The van der Waals surface area contributed by atoms with Gasteiger partial charge in [0.1, 0.15) is 12.7 Å². The SMILES string of the molecule is CC1(C(=O)Nc2ccc(Cn3cncn3)cc2)CCNC1.Cl.Cl. The lowest BCUT2D eigenvalue weighted by molar-refractivity contribution is -0.123. The van der Waals surface area contributed by atoms with Crippen molar-refractivity contribution in [3.63, 3.8) is 0 Å². The van der Waals surface area contributed by atoms with E-state index in [4.69, 9.17) is 0 Å². The molecule has 6 nitrogen and oxygen atoms in total. The lowest BCUT2D eigenvalue weighted by Gasteiger charge is -2.21. The predicted molar refractivity (Wildman–Crippen MR) is 94.3 cm³/mol. The minimum atomic E-state index is -0.306. The van der Waals surface area contributed by atoms with Gasteiger partial charge in [0.25, 0.3) is 0 Å². The van der Waals surface area contributed by atoms with Crippen molar-refractivity contribution in [2.24, 2.45) is 5.41 Å². The molecular formula is C15H21Cl2N5O.